The van der Waals surface area contributed by atoms with Gasteiger partial charge < -0.3 is 20.3 Å². The van der Waals surface area contributed by atoms with Gasteiger partial charge in [-0.25, -0.2) is 13.6 Å². The standard InChI is InChI=1S/C21H23F2N3O3/c1-4-10-26-16-9-8-13(11-17(16)29-12-21(2,3)19(26)27)24-20(28)25-18-14(22)6-5-7-15(18)23/h5-9,11H,4,10,12H2,1-3H3,(H2,24,25,28). The lowest BCUT2D eigenvalue weighted by molar-refractivity contribution is -0.127. The normalized spacial score (nSPS) is 15.2. The second-order valence-electron chi connectivity index (χ2n) is 7.49. The van der Waals surface area contributed by atoms with Crippen molar-refractivity contribution in [2.24, 2.45) is 5.41 Å². The summed E-state index contributed by atoms with van der Waals surface area (Å²) in [7, 11) is 0. The number of benzene rings is 2. The lowest BCUT2D eigenvalue weighted by atomic mass is 9.93. The monoisotopic (exact) mass is 403 g/mol. The molecule has 8 heteroatoms. The largest absolute Gasteiger partial charge is 0.490 e. The third-order valence-corrected chi connectivity index (χ3v) is 4.57. The second kappa shape index (κ2) is 8.06. The van der Waals surface area contributed by atoms with E-state index >= 15 is 0 Å². The molecule has 3 amide bonds. The first-order valence-corrected chi connectivity index (χ1v) is 9.34. The summed E-state index contributed by atoms with van der Waals surface area (Å²) < 4.78 is 33.2. The number of hydrogen-bond acceptors (Lipinski definition) is 3. The predicted molar refractivity (Wildman–Crippen MR) is 107 cm³/mol. The molecule has 0 atom stereocenters. The van der Waals surface area contributed by atoms with E-state index in [9.17, 15) is 18.4 Å². The molecule has 2 aromatic rings. The highest BCUT2D eigenvalue weighted by Crippen LogP contribution is 2.38. The minimum atomic E-state index is -0.874. The maximum Gasteiger partial charge on any atom is 0.323 e. The molecule has 0 spiro atoms. The summed E-state index contributed by atoms with van der Waals surface area (Å²) in [5.41, 5.74) is -0.241. The summed E-state index contributed by atoms with van der Waals surface area (Å²) in [5, 5.41) is 4.69. The van der Waals surface area contributed by atoms with Crippen LogP contribution in [0.15, 0.2) is 36.4 Å². The predicted octanol–water partition coefficient (Wildman–Crippen LogP) is 4.77. The van der Waals surface area contributed by atoms with Crippen molar-refractivity contribution in [3.63, 3.8) is 0 Å². The highest BCUT2D eigenvalue weighted by Gasteiger charge is 2.37. The number of fused-ring (bicyclic) bond motifs is 1. The third kappa shape index (κ3) is 4.31. The van der Waals surface area contributed by atoms with E-state index in [1.54, 1.807) is 23.1 Å². The van der Waals surface area contributed by atoms with Crippen molar-refractivity contribution in [2.75, 3.05) is 28.7 Å². The maximum atomic E-state index is 13.7. The van der Waals surface area contributed by atoms with Crippen molar-refractivity contribution >= 4 is 29.0 Å². The topological polar surface area (TPSA) is 70.7 Å². The lowest BCUT2D eigenvalue weighted by Gasteiger charge is -2.27. The van der Waals surface area contributed by atoms with Crippen LogP contribution < -0.4 is 20.3 Å². The molecule has 6 nitrogen and oxygen atoms in total. The number of anilines is 3. The van der Waals surface area contributed by atoms with E-state index in [1.807, 2.05) is 20.8 Å². The van der Waals surface area contributed by atoms with Gasteiger partial charge >= 0.3 is 6.03 Å². The van der Waals surface area contributed by atoms with Crippen molar-refractivity contribution in [3.05, 3.63) is 48.0 Å². The van der Waals surface area contributed by atoms with Crippen LogP contribution in [0.5, 0.6) is 5.75 Å². The lowest BCUT2D eigenvalue weighted by Crippen LogP contribution is -2.42. The number of carbonyl (C=O) groups excluding carboxylic acids is 2. The van der Waals surface area contributed by atoms with Crippen LogP contribution in [0.3, 0.4) is 0 Å². The highest BCUT2D eigenvalue weighted by molar-refractivity contribution is 6.02. The average molecular weight is 403 g/mol. The Bertz CT molecular complexity index is 927. The fraction of sp³-hybridized carbons (Fsp3) is 0.333. The van der Waals surface area contributed by atoms with Gasteiger partial charge in [0.25, 0.3) is 0 Å². The van der Waals surface area contributed by atoms with Crippen LogP contribution >= 0.6 is 0 Å². The van der Waals surface area contributed by atoms with E-state index in [0.717, 1.165) is 18.6 Å². The van der Waals surface area contributed by atoms with Gasteiger partial charge in [0.1, 0.15) is 29.7 Å². The fourth-order valence-electron chi connectivity index (χ4n) is 3.06. The Morgan fingerprint density at radius 2 is 1.86 bits per heavy atom. The molecule has 0 unspecified atom stereocenters. The van der Waals surface area contributed by atoms with Crippen LogP contribution in [0.1, 0.15) is 27.2 Å². The summed E-state index contributed by atoms with van der Waals surface area (Å²) in [6.07, 6.45) is 0.776. The van der Waals surface area contributed by atoms with Crippen LogP contribution in [-0.4, -0.2) is 25.1 Å². The molecule has 0 fully saturated rings. The molecular formula is C21H23F2N3O3. The van der Waals surface area contributed by atoms with Crippen molar-refractivity contribution in [1.29, 1.82) is 0 Å². The molecule has 1 heterocycles. The minimum absolute atomic E-state index is 0.0356. The molecule has 29 heavy (non-hydrogen) atoms. The van der Waals surface area contributed by atoms with E-state index in [2.05, 4.69) is 10.6 Å². The van der Waals surface area contributed by atoms with Gasteiger partial charge in [0, 0.05) is 18.3 Å². The molecule has 0 bridgehead atoms. The molecule has 2 N–H and O–H groups in total. The summed E-state index contributed by atoms with van der Waals surface area (Å²) in [6, 6.07) is 7.39. The Morgan fingerprint density at radius 1 is 1.17 bits per heavy atom. The van der Waals surface area contributed by atoms with Gasteiger partial charge in [0.05, 0.1) is 11.1 Å². The quantitative estimate of drug-likeness (QED) is 0.773. The SMILES string of the molecule is CCCN1C(=O)C(C)(C)COc2cc(NC(=O)Nc3c(F)cccc3F)ccc21. The van der Waals surface area contributed by atoms with Crippen LogP contribution in [0.25, 0.3) is 0 Å². The van der Waals surface area contributed by atoms with Crippen LogP contribution in [0.2, 0.25) is 0 Å². The zero-order valence-corrected chi connectivity index (χ0v) is 16.5. The van der Waals surface area contributed by atoms with Gasteiger partial charge in [-0.1, -0.05) is 13.0 Å². The third-order valence-electron chi connectivity index (χ3n) is 4.57. The number of nitrogens with one attached hydrogen (secondary N) is 2. The van der Waals surface area contributed by atoms with Gasteiger partial charge in [-0.2, -0.15) is 0 Å². The Balaban J connectivity index is 1.82. The Morgan fingerprint density at radius 3 is 2.52 bits per heavy atom. The molecule has 1 aliphatic rings. The van der Waals surface area contributed by atoms with Gasteiger partial charge in [-0.15, -0.1) is 0 Å². The smallest absolute Gasteiger partial charge is 0.323 e. The summed E-state index contributed by atoms with van der Waals surface area (Å²) in [6.45, 7) is 6.35. The van der Waals surface area contributed by atoms with E-state index in [0.29, 0.717) is 23.7 Å². The van der Waals surface area contributed by atoms with Crippen molar-refractivity contribution in [1.82, 2.24) is 0 Å². The van der Waals surface area contributed by atoms with E-state index in [1.165, 1.54) is 6.07 Å². The number of para-hydroxylation sites is 1. The molecular weight excluding hydrogens is 380 g/mol. The molecule has 3 rings (SSSR count). The number of nitrogens with zero attached hydrogens (tertiary/aromatic N) is 1. The fourth-order valence-corrected chi connectivity index (χ4v) is 3.06. The van der Waals surface area contributed by atoms with Gasteiger partial charge in [-0.05, 0) is 44.5 Å². The van der Waals surface area contributed by atoms with Gasteiger partial charge in [0.2, 0.25) is 5.91 Å². The van der Waals surface area contributed by atoms with E-state index in [-0.39, 0.29) is 12.5 Å². The minimum Gasteiger partial charge on any atom is -0.490 e. The summed E-state index contributed by atoms with van der Waals surface area (Å²) >= 11 is 0. The number of rotatable bonds is 4. The average Bonchev–Trinajstić information content (AvgIpc) is 2.75. The van der Waals surface area contributed by atoms with Gasteiger partial charge in [0.15, 0.2) is 0 Å². The van der Waals surface area contributed by atoms with Crippen molar-refractivity contribution < 1.29 is 23.1 Å². The number of amides is 3. The first kappa shape index (κ1) is 20.6. The number of ether oxygens (including phenoxy) is 1. The zero-order chi connectivity index (χ0) is 21.2. The maximum absolute atomic E-state index is 13.7. The Kier molecular flexibility index (Phi) is 5.72. The molecule has 0 saturated carbocycles. The van der Waals surface area contributed by atoms with Crippen LogP contribution in [-0.2, 0) is 4.79 Å². The molecule has 0 radical (unpaired) electrons. The summed E-state index contributed by atoms with van der Waals surface area (Å²) in [5.74, 6) is -1.33. The highest BCUT2D eigenvalue weighted by atomic mass is 19.1. The molecule has 2 aromatic carbocycles. The first-order chi connectivity index (χ1) is 13.7. The van der Waals surface area contributed by atoms with Gasteiger partial charge in [-0.3, -0.25) is 4.79 Å². The zero-order valence-electron chi connectivity index (χ0n) is 16.5. The van der Waals surface area contributed by atoms with E-state index < -0.39 is 28.8 Å². The molecule has 0 aliphatic carbocycles. The molecule has 0 aromatic heterocycles. The van der Waals surface area contributed by atoms with Crippen LogP contribution in [0.4, 0.5) is 30.6 Å². The first-order valence-electron chi connectivity index (χ1n) is 9.34. The number of urea groups is 1. The summed E-state index contributed by atoms with van der Waals surface area (Å²) in [4.78, 5) is 26.7. The number of halogens is 2. The Hall–Kier alpha value is -3.16. The Labute approximate surface area is 167 Å². The number of hydrogen-bond donors (Lipinski definition) is 2. The number of carbonyl (C=O) groups is 2. The second-order valence-corrected chi connectivity index (χ2v) is 7.49. The van der Waals surface area contributed by atoms with Crippen LogP contribution in [0, 0.1) is 17.0 Å². The molecule has 154 valence electrons. The molecule has 0 saturated heterocycles. The van der Waals surface area contributed by atoms with Crippen molar-refractivity contribution in [2.45, 2.75) is 27.2 Å². The van der Waals surface area contributed by atoms with Crippen molar-refractivity contribution in [3.8, 4) is 5.75 Å². The van der Waals surface area contributed by atoms with E-state index in [4.69, 9.17) is 4.74 Å². The molecule has 1 aliphatic heterocycles.